The summed E-state index contributed by atoms with van der Waals surface area (Å²) >= 11 is 1.45. The van der Waals surface area contributed by atoms with E-state index in [4.69, 9.17) is 0 Å². The lowest BCUT2D eigenvalue weighted by molar-refractivity contribution is 0.102. The van der Waals surface area contributed by atoms with Crippen LogP contribution < -0.4 is 16.2 Å². The number of carbonyl (C=O) groups is 1. The zero-order valence-corrected chi connectivity index (χ0v) is 21.9. The molecule has 38 heavy (non-hydrogen) atoms. The molecule has 12 heteroatoms. The summed E-state index contributed by atoms with van der Waals surface area (Å²) in [7, 11) is 3.59. The topological polar surface area (TPSA) is 110 Å². The van der Waals surface area contributed by atoms with Crippen LogP contribution in [0.15, 0.2) is 35.1 Å². The number of carbonyl (C=O) groups excluding carboxylic acids is 1. The number of aryl methyl sites for hydroxylation is 3. The summed E-state index contributed by atoms with van der Waals surface area (Å²) in [5.41, 5.74) is 2.85. The second-order valence-electron chi connectivity index (χ2n) is 9.73. The first-order valence-corrected chi connectivity index (χ1v) is 13.4. The molecule has 0 saturated heterocycles. The van der Waals surface area contributed by atoms with Gasteiger partial charge in [-0.05, 0) is 62.6 Å². The number of pyridine rings is 1. The number of amides is 1. The lowest BCUT2D eigenvalue weighted by Crippen LogP contribution is -2.30. The fourth-order valence-corrected chi connectivity index (χ4v) is 6.01. The van der Waals surface area contributed by atoms with Gasteiger partial charge in [0.1, 0.15) is 11.4 Å². The molecule has 0 saturated carbocycles. The molecular formula is C26H27FN8O2S. The van der Waals surface area contributed by atoms with Crippen LogP contribution in [-0.2, 0) is 33.0 Å². The third-order valence-electron chi connectivity index (χ3n) is 6.88. The Bertz CT molecular complexity index is 1580. The van der Waals surface area contributed by atoms with E-state index < -0.39 is 11.7 Å². The molecular weight excluding hydrogens is 507 g/mol. The fourth-order valence-electron chi connectivity index (χ4n) is 4.86. The maximum Gasteiger partial charge on any atom is 0.290 e. The van der Waals surface area contributed by atoms with Crippen molar-refractivity contribution in [1.82, 2.24) is 29.4 Å². The van der Waals surface area contributed by atoms with Gasteiger partial charge in [-0.1, -0.05) is 0 Å². The minimum absolute atomic E-state index is 0.185. The molecule has 0 fully saturated rings. The Kier molecular flexibility index (Phi) is 6.28. The molecule has 6 rings (SSSR count). The molecule has 0 radical (unpaired) electrons. The lowest BCUT2D eigenvalue weighted by atomic mass is 9.99. The maximum absolute atomic E-state index is 14.7. The summed E-state index contributed by atoms with van der Waals surface area (Å²) < 4.78 is 17.8. The van der Waals surface area contributed by atoms with Crippen molar-refractivity contribution in [1.29, 1.82) is 0 Å². The van der Waals surface area contributed by atoms with Gasteiger partial charge in [0.25, 0.3) is 11.5 Å². The quantitative estimate of drug-likeness (QED) is 0.403. The van der Waals surface area contributed by atoms with E-state index in [2.05, 4.69) is 37.8 Å². The van der Waals surface area contributed by atoms with E-state index in [0.29, 0.717) is 22.1 Å². The van der Waals surface area contributed by atoms with Crippen LogP contribution >= 0.6 is 11.3 Å². The highest BCUT2D eigenvalue weighted by Gasteiger charge is 2.20. The van der Waals surface area contributed by atoms with Crippen molar-refractivity contribution in [2.45, 2.75) is 38.8 Å². The van der Waals surface area contributed by atoms with Crippen molar-refractivity contribution >= 4 is 34.6 Å². The number of likely N-dealkylation sites (N-methyl/N-ethyl adjacent to an activating group) is 1. The van der Waals surface area contributed by atoms with Gasteiger partial charge >= 0.3 is 0 Å². The normalized spacial score (nSPS) is 15.1. The second kappa shape index (κ2) is 9.76. The standard InChI is InChI=1S/C26H27FN8O2S/c1-33-9-10-35-16(14-33)12-23(32-35)28-20-13-19(31-34(2)26(20)37)18-8-7-17(27)24(29-18)30-25(36)22-11-15-5-3-4-6-21(15)38-22/h7-8,11-13H,3-6,9-10,14H2,1-2H3,(H,28,32)(H,29,30,36). The van der Waals surface area contributed by atoms with Crippen molar-refractivity contribution in [2.75, 3.05) is 24.2 Å². The van der Waals surface area contributed by atoms with Crippen LogP contribution in [0.3, 0.4) is 0 Å². The van der Waals surface area contributed by atoms with Crippen molar-refractivity contribution in [3.05, 3.63) is 67.5 Å². The summed E-state index contributed by atoms with van der Waals surface area (Å²) in [5, 5.41) is 14.6. The Morgan fingerprint density at radius 1 is 1.05 bits per heavy atom. The number of aromatic nitrogens is 5. The molecule has 1 aliphatic heterocycles. The average molecular weight is 535 g/mol. The number of nitrogens with one attached hydrogen (secondary N) is 2. The Hall–Kier alpha value is -3.90. The van der Waals surface area contributed by atoms with E-state index in [9.17, 15) is 14.0 Å². The number of nitrogens with zero attached hydrogens (tertiary/aromatic N) is 6. The zero-order chi connectivity index (χ0) is 26.4. The van der Waals surface area contributed by atoms with Crippen LogP contribution in [0, 0.1) is 5.82 Å². The Morgan fingerprint density at radius 3 is 2.74 bits per heavy atom. The van der Waals surface area contributed by atoms with E-state index in [-0.39, 0.29) is 17.1 Å². The van der Waals surface area contributed by atoms with Gasteiger partial charge in [0.2, 0.25) is 0 Å². The number of fused-ring (bicyclic) bond motifs is 2. The van der Waals surface area contributed by atoms with Gasteiger partial charge in [-0.15, -0.1) is 11.3 Å². The first kappa shape index (κ1) is 24.4. The number of hydrogen-bond donors (Lipinski definition) is 2. The molecule has 4 aromatic heterocycles. The van der Waals surface area contributed by atoms with E-state index in [1.807, 2.05) is 16.8 Å². The minimum Gasteiger partial charge on any atom is -0.334 e. The molecule has 196 valence electrons. The number of hydrogen-bond acceptors (Lipinski definition) is 8. The molecule has 5 heterocycles. The summed E-state index contributed by atoms with van der Waals surface area (Å²) in [4.78, 5) is 34.0. The van der Waals surface area contributed by atoms with Gasteiger partial charge in [-0.25, -0.2) is 14.1 Å². The smallest absolute Gasteiger partial charge is 0.290 e. The van der Waals surface area contributed by atoms with Crippen LogP contribution in [0.2, 0.25) is 0 Å². The Labute approximate surface area is 222 Å². The number of halogens is 1. The lowest BCUT2D eigenvalue weighted by Gasteiger charge is -2.22. The predicted octanol–water partition coefficient (Wildman–Crippen LogP) is 3.56. The highest BCUT2D eigenvalue weighted by atomic mass is 32.1. The third-order valence-corrected chi connectivity index (χ3v) is 8.11. The molecule has 2 aliphatic rings. The van der Waals surface area contributed by atoms with E-state index in [0.717, 1.165) is 51.0 Å². The van der Waals surface area contributed by atoms with Crippen LogP contribution in [-0.4, -0.2) is 48.9 Å². The van der Waals surface area contributed by atoms with Crippen LogP contribution in [0.4, 0.5) is 21.7 Å². The van der Waals surface area contributed by atoms with Gasteiger partial charge in [0.15, 0.2) is 17.5 Å². The summed E-state index contributed by atoms with van der Waals surface area (Å²) in [6, 6.07) is 8.08. The summed E-state index contributed by atoms with van der Waals surface area (Å²) in [5.74, 6) is -0.670. The maximum atomic E-state index is 14.7. The van der Waals surface area contributed by atoms with Crippen molar-refractivity contribution < 1.29 is 9.18 Å². The van der Waals surface area contributed by atoms with Gasteiger partial charge in [-0.3, -0.25) is 19.2 Å². The van der Waals surface area contributed by atoms with Crippen molar-refractivity contribution in [2.24, 2.45) is 7.05 Å². The number of thiophene rings is 1. The molecule has 0 unspecified atom stereocenters. The number of anilines is 3. The molecule has 0 spiro atoms. The molecule has 0 bridgehead atoms. The number of rotatable bonds is 5. The van der Waals surface area contributed by atoms with Gasteiger partial charge in [0.05, 0.1) is 22.8 Å². The van der Waals surface area contributed by atoms with Crippen LogP contribution in [0.5, 0.6) is 0 Å². The predicted molar refractivity (Wildman–Crippen MR) is 143 cm³/mol. The van der Waals surface area contributed by atoms with Crippen LogP contribution in [0.25, 0.3) is 11.4 Å². The van der Waals surface area contributed by atoms with Crippen molar-refractivity contribution in [3.8, 4) is 11.4 Å². The first-order chi connectivity index (χ1) is 18.3. The Balaban J connectivity index is 1.27. The van der Waals surface area contributed by atoms with E-state index in [1.165, 1.54) is 45.6 Å². The van der Waals surface area contributed by atoms with Crippen molar-refractivity contribution in [3.63, 3.8) is 0 Å². The highest BCUT2D eigenvalue weighted by molar-refractivity contribution is 7.14. The van der Waals surface area contributed by atoms with Gasteiger partial charge < -0.3 is 10.6 Å². The molecule has 1 aliphatic carbocycles. The van der Waals surface area contributed by atoms with Gasteiger partial charge in [-0.2, -0.15) is 10.2 Å². The fraction of sp³-hybridized carbons (Fsp3) is 0.346. The van der Waals surface area contributed by atoms with E-state index in [1.54, 1.807) is 6.07 Å². The largest absolute Gasteiger partial charge is 0.334 e. The highest BCUT2D eigenvalue weighted by Crippen LogP contribution is 2.30. The molecule has 2 N–H and O–H groups in total. The van der Waals surface area contributed by atoms with Crippen LogP contribution in [0.1, 0.15) is 38.6 Å². The monoisotopic (exact) mass is 534 g/mol. The first-order valence-electron chi connectivity index (χ1n) is 12.5. The SMILES string of the molecule is CN1CCn2nc(Nc3cc(-c4ccc(F)c(NC(=O)c5cc6c(s5)CCCC6)n4)nn(C)c3=O)cc2C1. The molecule has 1 amide bonds. The minimum atomic E-state index is -0.653. The molecule has 10 nitrogen and oxygen atoms in total. The second-order valence-corrected chi connectivity index (χ2v) is 10.9. The molecule has 4 aromatic rings. The zero-order valence-electron chi connectivity index (χ0n) is 21.1. The van der Waals surface area contributed by atoms with E-state index >= 15 is 0 Å². The molecule has 0 atom stereocenters. The summed E-state index contributed by atoms with van der Waals surface area (Å²) in [6.45, 7) is 2.45. The molecule has 0 aromatic carbocycles. The average Bonchev–Trinajstić information content (AvgIpc) is 3.51. The summed E-state index contributed by atoms with van der Waals surface area (Å²) in [6.07, 6.45) is 4.18. The Morgan fingerprint density at radius 2 is 1.89 bits per heavy atom. The van der Waals surface area contributed by atoms with Gasteiger partial charge in [0, 0.05) is 31.1 Å². The third kappa shape index (κ3) is 4.72.